The summed E-state index contributed by atoms with van der Waals surface area (Å²) in [6, 6.07) is 33.0. The quantitative estimate of drug-likeness (QED) is 0.416. The van der Waals surface area contributed by atoms with E-state index in [2.05, 4.69) is 109 Å². The molecule has 0 unspecified atom stereocenters. The molecular formula is C24H25Cl2N2P. The number of hydrogen-bond acceptors (Lipinski definition) is 1. The van der Waals surface area contributed by atoms with E-state index in [0.717, 1.165) is 12.7 Å². The Morgan fingerprint density at radius 1 is 0.724 bits per heavy atom. The van der Waals surface area contributed by atoms with Gasteiger partial charge in [0.25, 0.3) is 0 Å². The van der Waals surface area contributed by atoms with Gasteiger partial charge in [-0.2, -0.15) is 5.10 Å². The Labute approximate surface area is 186 Å². The van der Waals surface area contributed by atoms with Crippen LogP contribution in [0, 0.1) is 0 Å². The van der Waals surface area contributed by atoms with Crippen LogP contribution in [0.25, 0.3) is 0 Å². The SMILES string of the molecule is CCn1cc(C[P+](c2ccccc2)(c2ccccc2)c2ccccc2)cn1.Cl.[Cl-]. The van der Waals surface area contributed by atoms with Crippen LogP contribution in [0.2, 0.25) is 0 Å². The lowest BCUT2D eigenvalue weighted by Gasteiger charge is -2.27. The van der Waals surface area contributed by atoms with Gasteiger partial charge in [0.1, 0.15) is 29.3 Å². The first-order chi connectivity index (χ1) is 13.3. The highest BCUT2D eigenvalue weighted by Gasteiger charge is 2.45. The third-order valence-corrected chi connectivity index (χ3v) is 9.40. The van der Waals surface area contributed by atoms with Crippen molar-refractivity contribution in [2.45, 2.75) is 19.6 Å². The summed E-state index contributed by atoms with van der Waals surface area (Å²) in [6.45, 7) is 3.03. The Morgan fingerprint density at radius 3 is 1.48 bits per heavy atom. The van der Waals surface area contributed by atoms with Crippen molar-refractivity contribution in [1.82, 2.24) is 9.78 Å². The van der Waals surface area contributed by atoms with Gasteiger partial charge in [0, 0.05) is 18.3 Å². The van der Waals surface area contributed by atoms with Gasteiger partial charge in [-0.25, -0.2) is 0 Å². The van der Waals surface area contributed by atoms with Crippen molar-refractivity contribution in [3.05, 3.63) is 109 Å². The maximum Gasteiger partial charge on any atom is 0.116 e. The van der Waals surface area contributed by atoms with Gasteiger partial charge in [0.15, 0.2) is 0 Å². The van der Waals surface area contributed by atoms with E-state index in [1.165, 1.54) is 21.5 Å². The molecule has 0 fully saturated rings. The zero-order chi connectivity index (χ0) is 18.5. The van der Waals surface area contributed by atoms with Gasteiger partial charge >= 0.3 is 0 Å². The first-order valence-electron chi connectivity index (χ1n) is 9.39. The van der Waals surface area contributed by atoms with Crippen LogP contribution in [0.1, 0.15) is 12.5 Å². The Kier molecular flexibility index (Phi) is 8.46. The van der Waals surface area contributed by atoms with E-state index in [0.29, 0.717) is 0 Å². The summed E-state index contributed by atoms with van der Waals surface area (Å²) in [5, 5.41) is 8.76. The lowest BCUT2D eigenvalue weighted by Crippen LogP contribution is -3.00. The number of hydrogen-bond donors (Lipinski definition) is 0. The van der Waals surface area contributed by atoms with E-state index >= 15 is 0 Å². The van der Waals surface area contributed by atoms with Crippen molar-refractivity contribution in [1.29, 1.82) is 0 Å². The number of nitrogens with zero attached hydrogens (tertiary/aromatic N) is 2. The topological polar surface area (TPSA) is 17.8 Å². The van der Waals surface area contributed by atoms with Gasteiger partial charge in [0.05, 0.1) is 6.20 Å². The van der Waals surface area contributed by atoms with Crippen molar-refractivity contribution in [3.63, 3.8) is 0 Å². The van der Waals surface area contributed by atoms with Crippen LogP contribution in [-0.2, 0) is 12.7 Å². The van der Waals surface area contributed by atoms with Gasteiger partial charge < -0.3 is 12.4 Å². The minimum absolute atomic E-state index is 0. The normalized spacial score (nSPS) is 10.7. The zero-order valence-corrected chi connectivity index (χ0v) is 18.8. The number of aromatic nitrogens is 2. The first kappa shape index (κ1) is 23.2. The van der Waals surface area contributed by atoms with E-state index in [1.807, 2.05) is 10.9 Å². The average Bonchev–Trinajstić information content (AvgIpc) is 3.21. The molecule has 0 spiro atoms. The summed E-state index contributed by atoms with van der Waals surface area (Å²) in [7, 11) is -1.83. The fraction of sp³-hybridized carbons (Fsp3) is 0.125. The molecule has 0 saturated carbocycles. The van der Waals surface area contributed by atoms with E-state index in [9.17, 15) is 0 Å². The van der Waals surface area contributed by atoms with Crippen LogP contribution in [0.5, 0.6) is 0 Å². The maximum absolute atomic E-state index is 4.53. The average molecular weight is 443 g/mol. The van der Waals surface area contributed by atoms with Gasteiger partial charge in [0.2, 0.25) is 0 Å². The van der Waals surface area contributed by atoms with Crippen LogP contribution in [0.4, 0.5) is 0 Å². The predicted molar refractivity (Wildman–Crippen MR) is 124 cm³/mol. The molecule has 29 heavy (non-hydrogen) atoms. The molecule has 1 aromatic heterocycles. The molecule has 0 aliphatic heterocycles. The van der Waals surface area contributed by atoms with Crippen LogP contribution < -0.4 is 28.3 Å². The Bertz CT molecular complexity index is 892. The molecule has 0 bridgehead atoms. The van der Waals surface area contributed by atoms with Crippen LogP contribution >= 0.6 is 19.7 Å². The summed E-state index contributed by atoms with van der Waals surface area (Å²) in [5.41, 5.74) is 1.29. The molecule has 3 aromatic carbocycles. The standard InChI is InChI=1S/C24H24N2P.2ClH/c1-2-26-19-21(18-25-26)20-27(22-12-6-3-7-13-22,23-14-8-4-9-15-23)24-16-10-5-11-17-24;;/h3-19H,2,20H2,1H3;2*1H/q+1;;/p-1. The molecule has 0 atom stereocenters. The van der Waals surface area contributed by atoms with Crippen LogP contribution in [0.3, 0.4) is 0 Å². The minimum atomic E-state index is -1.83. The monoisotopic (exact) mass is 442 g/mol. The number of benzene rings is 3. The smallest absolute Gasteiger partial charge is 0.116 e. The van der Waals surface area contributed by atoms with Crippen LogP contribution in [0.15, 0.2) is 103 Å². The molecule has 0 saturated heterocycles. The fourth-order valence-electron chi connectivity index (χ4n) is 3.70. The molecular weight excluding hydrogens is 418 g/mol. The van der Waals surface area contributed by atoms with E-state index < -0.39 is 7.26 Å². The fourth-order valence-corrected chi connectivity index (χ4v) is 7.90. The first-order valence-corrected chi connectivity index (χ1v) is 11.4. The number of aryl methyl sites for hydroxylation is 1. The third kappa shape index (κ3) is 4.73. The number of rotatable bonds is 6. The molecule has 1 heterocycles. The second kappa shape index (κ2) is 10.6. The summed E-state index contributed by atoms with van der Waals surface area (Å²) in [5.74, 6) is 0. The Morgan fingerprint density at radius 2 is 1.14 bits per heavy atom. The molecule has 0 aliphatic rings. The molecule has 0 radical (unpaired) electrons. The van der Waals surface area contributed by atoms with Gasteiger partial charge in [-0.15, -0.1) is 12.4 Å². The molecule has 4 rings (SSSR count). The summed E-state index contributed by atoms with van der Waals surface area (Å²) in [6.07, 6.45) is 5.21. The van der Waals surface area contributed by atoms with Crippen molar-refractivity contribution < 1.29 is 12.4 Å². The Hall–Kier alpha value is -2.12. The predicted octanol–water partition coefficient (Wildman–Crippen LogP) is 1.82. The molecule has 0 amide bonds. The van der Waals surface area contributed by atoms with E-state index in [1.54, 1.807) is 0 Å². The highest BCUT2D eigenvalue weighted by atomic mass is 35.5. The zero-order valence-electron chi connectivity index (χ0n) is 16.4. The van der Waals surface area contributed by atoms with Crippen molar-refractivity contribution in [2.75, 3.05) is 0 Å². The van der Waals surface area contributed by atoms with Gasteiger partial charge in [-0.05, 0) is 43.3 Å². The highest BCUT2D eigenvalue weighted by molar-refractivity contribution is 7.95. The second-order valence-corrected chi connectivity index (χ2v) is 10.2. The lowest BCUT2D eigenvalue weighted by molar-refractivity contribution is -0.00000558. The van der Waals surface area contributed by atoms with Crippen molar-refractivity contribution >= 4 is 35.6 Å². The van der Waals surface area contributed by atoms with Gasteiger partial charge in [-0.3, -0.25) is 4.68 Å². The molecule has 2 nitrogen and oxygen atoms in total. The van der Waals surface area contributed by atoms with Crippen molar-refractivity contribution in [3.8, 4) is 0 Å². The second-order valence-electron chi connectivity index (χ2n) is 6.68. The van der Waals surface area contributed by atoms with Gasteiger partial charge in [-0.1, -0.05) is 54.6 Å². The third-order valence-electron chi connectivity index (χ3n) is 5.02. The lowest BCUT2D eigenvalue weighted by atomic mass is 10.3. The summed E-state index contributed by atoms with van der Waals surface area (Å²) in [4.78, 5) is 0. The summed E-state index contributed by atoms with van der Waals surface area (Å²) < 4.78 is 2.02. The number of halogens is 2. The minimum Gasteiger partial charge on any atom is -1.00 e. The highest BCUT2D eigenvalue weighted by Crippen LogP contribution is 2.58. The molecule has 4 aromatic rings. The van der Waals surface area contributed by atoms with Crippen LogP contribution in [-0.4, -0.2) is 9.78 Å². The molecule has 0 N–H and O–H groups in total. The summed E-state index contributed by atoms with van der Waals surface area (Å²) >= 11 is 0. The van der Waals surface area contributed by atoms with E-state index in [-0.39, 0.29) is 24.8 Å². The maximum atomic E-state index is 4.53. The van der Waals surface area contributed by atoms with Crippen molar-refractivity contribution in [2.24, 2.45) is 0 Å². The Balaban J connectivity index is 0.00000150. The largest absolute Gasteiger partial charge is 1.00 e. The molecule has 0 aliphatic carbocycles. The van der Waals surface area contributed by atoms with E-state index in [4.69, 9.17) is 0 Å². The molecule has 150 valence electrons. The molecule has 5 heteroatoms.